The zero-order chi connectivity index (χ0) is 17.9. The standard InChI is InChI=1S/C19H24N4O2S/c20-19-22(8-7-21-9-11-25-12-10-21)15-4-1-2-5-16(15)23(19)14-17(24)18-6-3-13-26-18/h1-6,13,17,20,24H,7-12,14H2/p+2. The lowest BCUT2D eigenvalue weighted by Gasteiger charge is -2.23. The maximum atomic E-state index is 10.6. The molecule has 1 saturated heterocycles. The summed E-state index contributed by atoms with van der Waals surface area (Å²) in [5, 5.41) is 12.6. The van der Waals surface area contributed by atoms with Gasteiger partial charge in [-0.15, -0.1) is 11.3 Å². The Balaban J connectivity index is 1.60. The van der Waals surface area contributed by atoms with Gasteiger partial charge in [-0.05, 0) is 23.6 Å². The molecular formula is C19H26N4O2S+2. The van der Waals surface area contributed by atoms with Gasteiger partial charge in [0.1, 0.15) is 49.9 Å². The van der Waals surface area contributed by atoms with Gasteiger partial charge in [0.15, 0.2) is 0 Å². The number of anilines is 1. The molecule has 0 bridgehead atoms. The Labute approximate surface area is 157 Å². The third kappa shape index (κ3) is 3.48. The minimum Gasteiger partial charge on any atom is -0.384 e. The number of hydrogen-bond donors (Lipinski definition) is 3. The highest BCUT2D eigenvalue weighted by molar-refractivity contribution is 7.10. The quantitative estimate of drug-likeness (QED) is 0.541. The monoisotopic (exact) mass is 374 g/mol. The van der Waals surface area contributed by atoms with E-state index in [0.717, 1.165) is 55.3 Å². The first-order valence-electron chi connectivity index (χ1n) is 9.13. The number of aromatic nitrogens is 2. The molecule has 7 heteroatoms. The van der Waals surface area contributed by atoms with E-state index in [4.69, 9.17) is 10.5 Å². The van der Waals surface area contributed by atoms with Crippen molar-refractivity contribution >= 4 is 28.3 Å². The van der Waals surface area contributed by atoms with Crippen molar-refractivity contribution in [3.05, 3.63) is 46.7 Å². The summed E-state index contributed by atoms with van der Waals surface area (Å²) in [4.78, 5) is 2.52. The normalized spacial score (nSPS) is 17.0. The lowest BCUT2D eigenvalue weighted by atomic mass is 10.2. The first-order chi connectivity index (χ1) is 12.7. The zero-order valence-corrected chi connectivity index (χ0v) is 15.6. The number of hydrogen-bond acceptors (Lipinski definition) is 4. The van der Waals surface area contributed by atoms with Crippen LogP contribution in [0.2, 0.25) is 0 Å². The highest BCUT2D eigenvalue weighted by Gasteiger charge is 2.25. The van der Waals surface area contributed by atoms with Crippen LogP contribution in [0, 0.1) is 0 Å². The summed E-state index contributed by atoms with van der Waals surface area (Å²) in [5.74, 6) is 0.703. The minimum absolute atomic E-state index is 0.463. The summed E-state index contributed by atoms with van der Waals surface area (Å²) in [5.41, 5.74) is 8.71. The van der Waals surface area contributed by atoms with Crippen LogP contribution in [-0.2, 0) is 17.8 Å². The van der Waals surface area contributed by atoms with Crippen LogP contribution in [0.15, 0.2) is 41.8 Å². The predicted molar refractivity (Wildman–Crippen MR) is 102 cm³/mol. The van der Waals surface area contributed by atoms with Crippen molar-refractivity contribution in [1.82, 2.24) is 4.57 Å². The Morgan fingerprint density at radius 2 is 2.04 bits per heavy atom. The molecule has 138 valence electrons. The van der Waals surface area contributed by atoms with Gasteiger partial charge in [-0.3, -0.25) is 5.73 Å². The number of morpholine rings is 1. The van der Waals surface area contributed by atoms with Crippen molar-refractivity contribution in [2.45, 2.75) is 19.2 Å². The van der Waals surface area contributed by atoms with Crippen LogP contribution in [0.1, 0.15) is 11.0 Å². The molecule has 3 aromatic rings. The molecule has 3 heterocycles. The highest BCUT2D eigenvalue weighted by Crippen LogP contribution is 2.21. The summed E-state index contributed by atoms with van der Waals surface area (Å²) in [6, 6.07) is 12.2. The molecule has 4 N–H and O–H groups in total. The Bertz CT molecular complexity index is 856. The molecule has 0 spiro atoms. The summed E-state index contributed by atoms with van der Waals surface area (Å²) < 4.78 is 9.66. The number of imidazole rings is 1. The predicted octanol–water partition coefficient (Wildman–Crippen LogP) is 0.221. The van der Waals surface area contributed by atoms with E-state index >= 15 is 0 Å². The van der Waals surface area contributed by atoms with Crippen LogP contribution >= 0.6 is 11.3 Å². The molecule has 1 aliphatic heterocycles. The van der Waals surface area contributed by atoms with E-state index in [9.17, 15) is 5.11 Å². The van der Waals surface area contributed by atoms with Crippen molar-refractivity contribution in [2.24, 2.45) is 0 Å². The fraction of sp³-hybridized carbons (Fsp3) is 0.421. The van der Waals surface area contributed by atoms with Gasteiger partial charge < -0.3 is 14.7 Å². The Morgan fingerprint density at radius 1 is 1.23 bits per heavy atom. The minimum atomic E-state index is -0.550. The molecule has 0 amide bonds. The Morgan fingerprint density at radius 3 is 2.81 bits per heavy atom. The Hall–Kier alpha value is -1.93. The second kappa shape index (κ2) is 7.75. The van der Waals surface area contributed by atoms with Gasteiger partial charge in [0.2, 0.25) is 0 Å². The average Bonchev–Trinajstić information content (AvgIpc) is 3.29. The zero-order valence-electron chi connectivity index (χ0n) is 14.8. The van der Waals surface area contributed by atoms with E-state index < -0.39 is 6.10 Å². The molecule has 0 saturated carbocycles. The summed E-state index contributed by atoms with van der Waals surface area (Å²) in [6.45, 7) is 6.13. The van der Waals surface area contributed by atoms with E-state index in [-0.39, 0.29) is 0 Å². The number of rotatable bonds is 6. The number of benzene rings is 1. The van der Waals surface area contributed by atoms with Crippen molar-refractivity contribution in [3.8, 4) is 0 Å². The molecular weight excluding hydrogens is 348 g/mol. The van der Waals surface area contributed by atoms with Gasteiger partial charge in [0.05, 0.1) is 13.2 Å². The fourth-order valence-corrected chi connectivity index (χ4v) is 4.37. The van der Waals surface area contributed by atoms with Gasteiger partial charge in [-0.2, -0.15) is 0 Å². The van der Waals surface area contributed by atoms with Crippen LogP contribution < -0.4 is 15.2 Å². The number of thiophene rings is 1. The average molecular weight is 375 g/mol. The third-order valence-corrected chi connectivity index (χ3v) is 6.11. The van der Waals surface area contributed by atoms with Gasteiger partial charge >= 0.3 is 5.95 Å². The van der Waals surface area contributed by atoms with E-state index in [1.54, 1.807) is 16.2 Å². The molecule has 26 heavy (non-hydrogen) atoms. The number of quaternary nitrogens is 1. The van der Waals surface area contributed by atoms with E-state index in [1.807, 2.05) is 34.2 Å². The number of fused-ring (bicyclic) bond motifs is 1. The van der Waals surface area contributed by atoms with Gasteiger partial charge in [0.25, 0.3) is 0 Å². The lowest BCUT2D eigenvalue weighted by molar-refractivity contribution is -0.908. The maximum absolute atomic E-state index is 10.6. The first-order valence-corrected chi connectivity index (χ1v) is 10.0. The van der Waals surface area contributed by atoms with Gasteiger partial charge in [0, 0.05) is 4.88 Å². The molecule has 1 aromatic carbocycles. The SMILES string of the molecule is Nc1n(CC[NH+]2CCOCC2)c2ccccc2[n+]1CC(O)c1cccs1. The van der Waals surface area contributed by atoms with Crippen LogP contribution in [0.3, 0.4) is 0 Å². The number of nitrogens with two attached hydrogens (primary N) is 1. The summed E-state index contributed by atoms with van der Waals surface area (Å²) >= 11 is 1.57. The molecule has 6 nitrogen and oxygen atoms in total. The second-order valence-electron chi connectivity index (χ2n) is 6.75. The third-order valence-electron chi connectivity index (χ3n) is 5.13. The molecule has 2 aromatic heterocycles. The van der Waals surface area contributed by atoms with Crippen LogP contribution in [0.4, 0.5) is 5.95 Å². The highest BCUT2D eigenvalue weighted by atomic mass is 32.1. The number of nitrogens with one attached hydrogen (secondary N) is 1. The first kappa shape index (κ1) is 17.5. The maximum Gasteiger partial charge on any atom is 0.356 e. The largest absolute Gasteiger partial charge is 0.384 e. The molecule has 1 aliphatic rings. The number of nitrogen functional groups attached to an aromatic ring is 1. The molecule has 1 atom stereocenters. The number of aliphatic hydroxyl groups excluding tert-OH is 1. The molecule has 0 aliphatic carbocycles. The second-order valence-corrected chi connectivity index (χ2v) is 7.73. The van der Waals surface area contributed by atoms with Crippen molar-refractivity contribution in [3.63, 3.8) is 0 Å². The number of nitrogens with zero attached hydrogens (tertiary/aromatic N) is 2. The summed E-state index contributed by atoms with van der Waals surface area (Å²) in [6.07, 6.45) is -0.550. The van der Waals surface area contributed by atoms with Crippen molar-refractivity contribution in [2.75, 3.05) is 38.6 Å². The number of para-hydroxylation sites is 2. The van der Waals surface area contributed by atoms with Crippen LogP contribution in [0.25, 0.3) is 11.0 Å². The van der Waals surface area contributed by atoms with Crippen molar-refractivity contribution in [1.29, 1.82) is 0 Å². The molecule has 1 unspecified atom stereocenters. The lowest BCUT2D eigenvalue weighted by Crippen LogP contribution is -3.14. The van der Waals surface area contributed by atoms with Gasteiger partial charge in [-0.1, -0.05) is 18.2 Å². The molecule has 1 fully saturated rings. The van der Waals surface area contributed by atoms with Crippen LogP contribution in [-0.4, -0.2) is 42.5 Å². The van der Waals surface area contributed by atoms with E-state index in [2.05, 4.69) is 16.7 Å². The summed E-state index contributed by atoms with van der Waals surface area (Å²) in [7, 11) is 0. The van der Waals surface area contributed by atoms with Gasteiger partial charge in [-0.25, -0.2) is 9.13 Å². The topological polar surface area (TPSA) is 68.7 Å². The van der Waals surface area contributed by atoms with E-state index in [1.165, 1.54) is 0 Å². The van der Waals surface area contributed by atoms with Crippen molar-refractivity contribution < 1.29 is 19.3 Å². The van der Waals surface area contributed by atoms with E-state index in [0.29, 0.717) is 12.5 Å². The molecule has 4 rings (SSSR count). The number of aliphatic hydroxyl groups is 1. The fourth-order valence-electron chi connectivity index (χ4n) is 3.66. The molecule has 0 radical (unpaired) electrons. The van der Waals surface area contributed by atoms with Crippen LogP contribution in [0.5, 0.6) is 0 Å². The number of ether oxygens (including phenoxy) is 1. The smallest absolute Gasteiger partial charge is 0.356 e. The Kier molecular flexibility index (Phi) is 5.21.